The van der Waals surface area contributed by atoms with Gasteiger partial charge in [-0.1, -0.05) is 0 Å². The summed E-state index contributed by atoms with van der Waals surface area (Å²) < 4.78 is 0.707. The van der Waals surface area contributed by atoms with Gasteiger partial charge in [0.2, 0.25) is 0 Å². The molecule has 1 heterocycles. The van der Waals surface area contributed by atoms with Crippen LogP contribution in [0.15, 0.2) is 36.5 Å². The predicted octanol–water partition coefficient (Wildman–Crippen LogP) is 0.840. The number of nitrogens with two attached hydrogens (primary N) is 1. The Morgan fingerprint density at radius 3 is 2.85 bits per heavy atom. The molecule has 0 spiro atoms. The fourth-order valence-corrected chi connectivity index (χ4v) is 1.69. The minimum absolute atomic E-state index is 0.707. The second-order valence-electron chi connectivity index (χ2n) is 2.74. The van der Waals surface area contributed by atoms with Crippen LogP contribution in [0.4, 0.5) is 0 Å². The Balaban J connectivity index is 2.83. The molecular weight excluding hydrogens is 227 g/mol. The van der Waals surface area contributed by atoms with Crippen molar-refractivity contribution in [1.29, 1.82) is 0 Å². The van der Waals surface area contributed by atoms with Crippen LogP contribution in [0, 0.1) is 0 Å². The predicted molar refractivity (Wildman–Crippen MR) is 55.8 cm³/mol. The van der Waals surface area contributed by atoms with Crippen molar-refractivity contribution in [1.82, 2.24) is 4.98 Å². The zero-order valence-electron chi connectivity index (χ0n) is 6.90. The standard InChI is InChI=1S/C10H8N2Se/c11-10(13)8-3-1-5-9-7(8)4-2-6-12-9/h1-6H,(H2,11,13). The molecule has 1 aromatic heterocycles. The van der Waals surface area contributed by atoms with Crippen LogP contribution in [0.2, 0.25) is 0 Å². The van der Waals surface area contributed by atoms with E-state index >= 15 is 0 Å². The third-order valence-electron chi connectivity index (χ3n) is 1.91. The van der Waals surface area contributed by atoms with E-state index in [2.05, 4.69) is 20.6 Å². The average molecular weight is 235 g/mol. The van der Waals surface area contributed by atoms with E-state index in [9.17, 15) is 0 Å². The molecule has 0 aliphatic carbocycles. The maximum atomic E-state index is 5.71. The summed E-state index contributed by atoms with van der Waals surface area (Å²) in [6.45, 7) is 0. The normalized spacial score (nSPS) is 10.2. The van der Waals surface area contributed by atoms with Crippen LogP contribution in [0.1, 0.15) is 5.56 Å². The summed E-state index contributed by atoms with van der Waals surface area (Å²) in [7, 11) is 0. The van der Waals surface area contributed by atoms with Crippen molar-refractivity contribution >= 4 is 31.0 Å². The molecule has 2 aromatic rings. The van der Waals surface area contributed by atoms with Crippen LogP contribution in [0.25, 0.3) is 10.9 Å². The maximum absolute atomic E-state index is 5.71. The first kappa shape index (κ1) is 8.42. The summed E-state index contributed by atoms with van der Waals surface area (Å²) in [5, 5.41) is 1.08. The van der Waals surface area contributed by atoms with Crippen molar-refractivity contribution in [2.75, 3.05) is 0 Å². The van der Waals surface area contributed by atoms with Gasteiger partial charge in [-0.25, -0.2) is 0 Å². The van der Waals surface area contributed by atoms with Gasteiger partial charge in [0.15, 0.2) is 0 Å². The van der Waals surface area contributed by atoms with E-state index in [-0.39, 0.29) is 0 Å². The van der Waals surface area contributed by atoms with Gasteiger partial charge in [0.05, 0.1) is 0 Å². The Hall–Kier alpha value is -1.18. The fourth-order valence-electron chi connectivity index (χ4n) is 1.32. The summed E-state index contributed by atoms with van der Waals surface area (Å²) in [5.74, 6) is 0. The molecule has 3 heteroatoms. The molecule has 64 valence electrons. The number of hydrogen-bond donors (Lipinski definition) is 1. The first-order valence-corrected chi connectivity index (χ1v) is 4.78. The van der Waals surface area contributed by atoms with Crippen LogP contribution in [-0.2, 0) is 0 Å². The molecule has 13 heavy (non-hydrogen) atoms. The molecule has 0 saturated carbocycles. The molecule has 0 radical (unpaired) electrons. The Morgan fingerprint density at radius 2 is 2.08 bits per heavy atom. The van der Waals surface area contributed by atoms with E-state index in [0.717, 1.165) is 16.5 Å². The molecule has 0 unspecified atom stereocenters. The number of benzene rings is 1. The summed E-state index contributed by atoms with van der Waals surface area (Å²) in [6, 6.07) is 9.84. The second kappa shape index (κ2) is 3.29. The number of fused-ring (bicyclic) bond motifs is 1. The second-order valence-corrected chi connectivity index (χ2v) is 3.66. The van der Waals surface area contributed by atoms with Gasteiger partial charge in [-0.05, 0) is 0 Å². The van der Waals surface area contributed by atoms with Crippen molar-refractivity contribution in [3.05, 3.63) is 42.1 Å². The molecule has 0 saturated heterocycles. The zero-order chi connectivity index (χ0) is 9.26. The van der Waals surface area contributed by atoms with E-state index in [4.69, 9.17) is 5.73 Å². The molecule has 1 aromatic carbocycles. The summed E-state index contributed by atoms with van der Waals surface area (Å²) >= 11 is 2.82. The Labute approximate surface area is 84.1 Å². The van der Waals surface area contributed by atoms with Crippen LogP contribution < -0.4 is 5.73 Å². The topological polar surface area (TPSA) is 38.9 Å². The molecule has 0 fully saturated rings. The van der Waals surface area contributed by atoms with Crippen LogP contribution in [0.3, 0.4) is 0 Å². The van der Waals surface area contributed by atoms with Gasteiger partial charge in [0.1, 0.15) is 0 Å². The van der Waals surface area contributed by atoms with E-state index in [0.29, 0.717) is 4.54 Å². The molecule has 2 rings (SSSR count). The van der Waals surface area contributed by atoms with Gasteiger partial charge in [0, 0.05) is 0 Å². The molecule has 0 aliphatic heterocycles. The SMILES string of the molecule is NC(=[Se])c1cccc2ncccc12. The van der Waals surface area contributed by atoms with Crippen LogP contribution in [-0.4, -0.2) is 25.1 Å². The number of nitrogens with zero attached hydrogens (tertiary/aromatic N) is 1. The van der Waals surface area contributed by atoms with E-state index < -0.39 is 0 Å². The molecule has 0 bridgehead atoms. The first-order chi connectivity index (χ1) is 6.29. The number of aromatic nitrogens is 1. The third-order valence-corrected chi connectivity index (χ3v) is 2.37. The van der Waals surface area contributed by atoms with Crippen molar-refractivity contribution in [2.24, 2.45) is 5.73 Å². The van der Waals surface area contributed by atoms with Crippen molar-refractivity contribution in [2.45, 2.75) is 0 Å². The Bertz CT molecular complexity index is 460. The zero-order valence-corrected chi connectivity index (χ0v) is 8.61. The van der Waals surface area contributed by atoms with Gasteiger partial charge < -0.3 is 0 Å². The summed E-state index contributed by atoms with van der Waals surface area (Å²) in [5.41, 5.74) is 7.70. The third kappa shape index (κ3) is 1.48. The Morgan fingerprint density at radius 1 is 1.23 bits per heavy atom. The van der Waals surface area contributed by atoms with Crippen molar-refractivity contribution < 1.29 is 0 Å². The van der Waals surface area contributed by atoms with Gasteiger partial charge in [-0.2, -0.15) is 0 Å². The fraction of sp³-hybridized carbons (Fsp3) is 0. The van der Waals surface area contributed by atoms with E-state index in [1.54, 1.807) is 6.20 Å². The quantitative estimate of drug-likeness (QED) is 0.744. The monoisotopic (exact) mass is 236 g/mol. The van der Waals surface area contributed by atoms with E-state index in [1.165, 1.54) is 0 Å². The molecule has 0 amide bonds. The van der Waals surface area contributed by atoms with Crippen LogP contribution >= 0.6 is 0 Å². The van der Waals surface area contributed by atoms with E-state index in [1.807, 2.05) is 30.3 Å². The molecule has 0 atom stereocenters. The van der Waals surface area contributed by atoms with Crippen molar-refractivity contribution in [3.8, 4) is 0 Å². The van der Waals surface area contributed by atoms with Gasteiger partial charge in [-0.3, -0.25) is 0 Å². The number of pyridine rings is 1. The first-order valence-electron chi connectivity index (χ1n) is 3.92. The number of hydrogen-bond acceptors (Lipinski definition) is 2. The number of rotatable bonds is 1. The van der Waals surface area contributed by atoms with Gasteiger partial charge in [0.25, 0.3) is 0 Å². The van der Waals surface area contributed by atoms with Crippen LogP contribution in [0.5, 0.6) is 0 Å². The average Bonchev–Trinajstić information content (AvgIpc) is 2.17. The van der Waals surface area contributed by atoms with Crippen molar-refractivity contribution in [3.63, 3.8) is 0 Å². The van der Waals surface area contributed by atoms with Gasteiger partial charge in [-0.15, -0.1) is 0 Å². The summed E-state index contributed by atoms with van der Waals surface area (Å²) in [4.78, 5) is 4.24. The molecular formula is C10H8N2Se. The summed E-state index contributed by atoms with van der Waals surface area (Å²) in [6.07, 6.45) is 1.78. The molecule has 2 nitrogen and oxygen atoms in total. The minimum atomic E-state index is 0.707. The van der Waals surface area contributed by atoms with Gasteiger partial charge >= 0.3 is 83.8 Å². The Kier molecular flexibility index (Phi) is 2.13. The molecule has 0 aliphatic rings. The molecule has 2 N–H and O–H groups in total.